The van der Waals surface area contributed by atoms with Gasteiger partial charge in [-0.1, -0.05) is 30.3 Å². The first kappa shape index (κ1) is 14.6. The van der Waals surface area contributed by atoms with Gasteiger partial charge in [0.25, 0.3) is 5.91 Å². The van der Waals surface area contributed by atoms with Gasteiger partial charge in [-0.3, -0.25) is 4.79 Å². The maximum absolute atomic E-state index is 12.0. The molecule has 0 aromatic heterocycles. The predicted octanol–water partition coefficient (Wildman–Crippen LogP) is 2.54. The van der Waals surface area contributed by atoms with Crippen molar-refractivity contribution in [1.82, 2.24) is 10.2 Å². The van der Waals surface area contributed by atoms with Crippen molar-refractivity contribution in [2.24, 2.45) is 0 Å². The van der Waals surface area contributed by atoms with Crippen LogP contribution in [0, 0.1) is 0 Å². The number of hydrogen-bond acceptors (Lipinski definition) is 3. The zero-order chi connectivity index (χ0) is 15.5. The van der Waals surface area contributed by atoms with E-state index in [1.807, 2.05) is 56.6 Å². The van der Waals surface area contributed by atoms with Crippen molar-refractivity contribution in [2.75, 3.05) is 27.2 Å². The first-order chi connectivity index (χ1) is 10.6. The number of carbonyl (C=O) groups excluding carboxylic acids is 1. The highest BCUT2D eigenvalue weighted by Gasteiger charge is 2.22. The van der Waals surface area contributed by atoms with Gasteiger partial charge in [-0.2, -0.15) is 0 Å². The van der Waals surface area contributed by atoms with Crippen LogP contribution in [0.3, 0.4) is 0 Å². The number of likely N-dealkylation sites (N-methyl/N-ethyl adjacent to an activating group) is 1. The molecule has 4 heteroatoms. The minimum absolute atomic E-state index is 0.00419. The van der Waals surface area contributed by atoms with Crippen molar-refractivity contribution < 1.29 is 9.53 Å². The number of hydrogen-bond donors (Lipinski definition) is 1. The average Bonchev–Trinajstić information content (AvgIpc) is 2.89. The lowest BCUT2D eigenvalue weighted by molar-refractivity contribution is 0.0966. The first-order valence-corrected chi connectivity index (χ1v) is 7.43. The Morgan fingerprint density at radius 1 is 1.18 bits per heavy atom. The standard InChI is InChI=1S/C18H20N2O2/c1-20(2)9-10-22-15-7-3-5-13(11-15)16-8-4-6-14-12-19-18(21)17(14)16/h3-8,11H,9-10,12H2,1-2H3,(H,19,21). The Balaban J connectivity index is 1.87. The maximum atomic E-state index is 12.0. The van der Waals surface area contributed by atoms with E-state index in [2.05, 4.69) is 10.2 Å². The fourth-order valence-corrected chi connectivity index (χ4v) is 2.62. The number of benzene rings is 2. The molecule has 22 heavy (non-hydrogen) atoms. The van der Waals surface area contributed by atoms with Crippen LogP contribution in [0.15, 0.2) is 42.5 Å². The second-order valence-electron chi connectivity index (χ2n) is 5.70. The normalized spacial score (nSPS) is 13.1. The summed E-state index contributed by atoms with van der Waals surface area (Å²) < 4.78 is 5.78. The van der Waals surface area contributed by atoms with Gasteiger partial charge in [0.15, 0.2) is 0 Å². The maximum Gasteiger partial charge on any atom is 0.252 e. The monoisotopic (exact) mass is 296 g/mol. The molecule has 2 aromatic carbocycles. The number of nitrogens with one attached hydrogen (secondary N) is 1. The van der Waals surface area contributed by atoms with Gasteiger partial charge < -0.3 is 15.0 Å². The minimum Gasteiger partial charge on any atom is -0.492 e. The third kappa shape index (κ3) is 2.97. The van der Waals surface area contributed by atoms with Crippen molar-refractivity contribution in [3.8, 4) is 16.9 Å². The van der Waals surface area contributed by atoms with E-state index in [1.165, 1.54) is 0 Å². The molecule has 1 heterocycles. The Morgan fingerprint density at radius 3 is 2.82 bits per heavy atom. The van der Waals surface area contributed by atoms with Crippen molar-refractivity contribution in [3.05, 3.63) is 53.6 Å². The molecular weight excluding hydrogens is 276 g/mol. The minimum atomic E-state index is 0.00419. The summed E-state index contributed by atoms with van der Waals surface area (Å²) in [6, 6.07) is 13.9. The fraction of sp³-hybridized carbons (Fsp3) is 0.278. The molecule has 4 nitrogen and oxygen atoms in total. The van der Waals surface area contributed by atoms with Crippen molar-refractivity contribution >= 4 is 5.91 Å². The van der Waals surface area contributed by atoms with Gasteiger partial charge in [-0.25, -0.2) is 0 Å². The van der Waals surface area contributed by atoms with Crippen LogP contribution in [0.5, 0.6) is 5.75 Å². The predicted molar refractivity (Wildman–Crippen MR) is 87.1 cm³/mol. The molecule has 1 amide bonds. The Labute approximate surface area is 130 Å². The second kappa shape index (κ2) is 6.20. The molecule has 0 unspecified atom stereocenters. The third-order valence-corrected chi connectivity index (χ3v) is 3.77. The number of ether oxygens (including phenoxy) is 1. The van der Waals surface area contributed by atoms with E-state index < -0.39 is 0 Å². The quantitative estimate of drug-likeness (QED) is 0.922. The number of rotatable bonds is 5. The number of amides is 1. The van der Waals surface area contributed by atoms with Gasteiger partial charge in [0.2, 0.25) is 0 Å². The lowest BCUT2D eigenvalue weighted by Crippen LogP contribution is -2.19. The zero-order valence-corrected chi connectivity index (χ0v) is 12.9. The Morgan fingerprint density at radius 2 is 2.00 bits per heavy atom. The van der Waals surface area contributed by atoms with E-state index >= 15 is 0 Å². The van der Waals surface area contributed by atoms with Gasteiger partial charge >= 0.3 is 0 Å². The Hall–Kier alpha value is -2.33. The zero-order valence-electron chi connectivity index (χ0n) is 12.9. The van der Waals surface area contributed by atoms with Crippen molar-refractivity contribution in [2.45, 2.75) is 6.54 Å². The highest BCUT2D eigenvalue weighted by molar-refractivity contribution is 6.04. The summed E-state index contributed by atoms with van der Waals surface area (Å²) >= 11 is 0. The summed E-state index contributed by atoms with van der Waals surface area (Å²) in [7, 11) is 4.04. The van der Waals surface area contributed by atoms with Crippen molar-refractivity contribution in [3.63, 3.8) is 0 Å². The molecule has 0 atom stereocenters. The van der Waals surface area contributed by atoms with Crippen LogP contribution in [0.1, 0.15) is 15.9 Å². The Bertz CT molecular complexity index is 695. The molecule has 0 saturated carbocycles. The molecule has 0 radical (unpaired) electrons. The summed E-state index contributed by atoms with van der Waals surface area (Å²) in [5, 5.41) is 2.88. The highest BCUT2D eigenvalue weighted by atomic mass is 16.5. The first-order valence-electron chi connectivity index (χ1n) is 7.43. The lowest BCUT2D eigenvalue weighted by atomic mass is 9.97. The lowest BCUT2D eigenvalue weighted by Gasteiger charge is -2.12. The van der Waals surface area contributed by atoms with Crippen LogP contribution in [0.4, 0.5) is 0 Å². The van der Waals surface area contributed by atoms with Crippen LogP contribution in [0.2, 0.25) is 0 Å². The molecule has 0 bridgehead atoms. The third-order valence-electron chi connectivity index (χ3n) is 3.77. The summed E-state index contributed by atoms with van der Waals surface area (Å²) in [5.74, 6) is 0.833. The molecule has 0 fully saturated rings. The second-order valence-corrected chi connectivity index (χ2v) is 5.70. The van der Waals surface area contributed by atoms with Crippen molar-refractivity contribution in [1.29, 1.82) is 0 Å². The Kier molecular flexibility index (Phi) is 4.11. The van der Waals surface area contributed by atoms with E-state index in [1.54, 1.807) is 0 Å². The van der Waals surface area contributed by atoms with E-state index in [4.69, 9.17) is 4.74 Å². The van der Waals surface area contributed by atoms with E-state index in [-0.39, 0.29) is 5.91 Å². The molecule has 0 aliphatic carbocycles. The van der Waals surface area contributed by atoms with Gasteiger partial charge in [-0.15, -0.1) is 0 Å². The van der Waals surface area contributed by atoms with Crippen LogP contribution in [-0.4, -0.2) is 38.1 Å². The van der Waals surface area contributed by atoms with Gasteiger partial charge in [0.1, 0.15) is 12.4 Å². The van der Waals surface area contributed by atoms with Crippen LogP contribution in [-0.2, 0) is 6.54 Å². The molecule has 114 valence electrons. The molecule has 1 N–H and O–H groups in total. The number of fused-ring (bicyclic) bond motifs is 1. The molecule has 1 aliphatic rings. The smallest absolute Gasteiger partial charge is 0.252 e. The SMILES string of the molecule is CN(C)CCOc1cccc(-c2cccc3c2C(=O)NC3)c1. The van der Waals surface area contributed by atoms with Crippen LogP contribution < -0.4 is 10.1 Å². The molecule has 0 saturated heterocycles. The molecule has 0 spiro atoms. The van der Waals surface area contributed by atoms with Gasteiger partial charge in [0.05, 0.1) is 5.56 Å². The number of nitrogens with zero attached hydrogens (tertiary/aromatic N) is 1. The van der Waals surface area contributed by atoms with E-state index in [0.29, 0.717) is 13.2 Å². The largest absolute Gasteiger partial charge is 0.492 e. The average molecular weight is 296 g/mol. The van der Waals surface area contributed by atoms with Gasteiger partial charge in [-0.05, 0) is 42.9 Å². The topological polar surface area (TPSA) is 41.6 Å². The summed E-state index contributed by atoms with van der Waals surface area (Å²) in [5.41, 5.74) is 3.82. The molecular formula is C18H20N2O2. The molecule has 3 rings (SSSR count). The fourth-order valence-electron chi connectivity index (χ4n) is 2.62. The molecule has 1 aliphatic heterocycles. The van der Waals surface area contributed by atoms with E-state index in [9.17, 15) is 4.79 Å². The van der Waals surface area contributed by atoms with Crippen LogP contribution >= 0.6 is 0 Å². The molecule has 2 aromatic rings. The summed E-state index contributed by atoms with van der Waals surface area (Å²) in [4.78, 5) is 14.1. The summed E-state index contributed by atoms with van der Waals surface area (Å²) in [6.07, 6.45) is 0. The number of carbonyl (C=O) groups is 1. The van der Waals surface area contributed by atoms with E-state index in [0.717, 1.165) is 34.5 Å². The van der Waals surface area contributed by atoms with Crippen LogP contribution in [0.25, 0.3) is 11.1 Å². The highest BCUT2D eigenvalue weighted by Crippen LogP contribution is 2.31. The summed E-state index contributed by atoms with van der Waals surface area (Å²) in [6.45, 7) is 2.12. The van der Waals surface area contributed by atoms with Gasteiger partial charge in [0, 0.05) is 13.1 Å².